The molecule has 0 saturated carbocycles. The Bertz CT molecular complexity index is 933. The molecule has 1 amide bonds. The number of anilines is 1. The van der Waals surface area contributed by atoms with Crippen LogP contribution >= 0.6 is 0 Å². The second-order valence-corrected chi connectivity index (χ2v) is 10.2. The molecule has 0 aromatic heterocycles. The Kier molecular flexibility index (Phi) is 11.7. The molecule has 36 heavy (non-hydrogen) atoms. The molecule has 7 atom stereocenters. The molecule has 1 heterocycles. The van der Waals surface area contributed by atoms with Crippen LogP contribution in [0, 0.1) is 29.5 Å². The Morgan fingerprint density at radius 2 is 1.75 bits per heavy atom. The summed E-state index contributed by atoms with van der Waals surface area (Å²) in [6.07, 6.45) is 2.71. The van der Waals surface area contributed by atoms with Gasteiger partial charge in [0.25, 0.3) is 5.91 Å². The largest absolute Gasteiger partial charge is 0.396 e. The number of amides is 1. The highest BCUT2D eigenvalue weighted by molar-refractivity contribution is 6.03. The fourth-order valence-electron chi connectivity index (χ4n) is 5.07. The number of ether oxygens (including phenoxy) is 1. The van der Waals surface area contributed by atoms with Crippen molar-refractivity contribution in [1.29, 1.82) is 0 Å². The summed E-state index contributed by atoms with van der Waals surface area (Å²) in [5.74, 6) is -2.46. The maximum atomic E-state index is 14.4. The van der Waals surface area contributed by atoms with Crippen LogP contribution in [0.2, 0.25) is 0 Å². The number of fused-ring (bicyclic) bond motifs is 2. The van der Waals surface area contributed by atoms with Crippen LogP contribution in [0.1, 0.15) is 58.6 Å². The van der Waals surface area contributed by atoms with Gasteiger partial charge in [0.2, 0.25) is 0 Å². The zero-order valence-corrected chi connectivity index (χ0v) is 21.9. The van der Waals surface area contributed by atoms with E-state index in [1.165, 1.54) is 18.2 Å². The molecule has 5 N–H and O–H groups in total. The van der Waals surface area contributed by atoms with E-state index in [2.05, 4.69) is 5.32 Å². The van der Waals surface area contributed by atoms with Crippen LogP contribution in [0.3, 0.4) is 0 Å². The number of hydrogen-bond donors (Lipinski definition) is 5. The first kappa shape index (κ1) is 30.1. The topological polar surface area (TPSA) is 119 Å². The second-order valence-electron chi connectivity index (χ2n) is 10.2. The Balaban J connectivity index is 2.48. The first-order valence-electron chi connectivity index (χ1n) is 12.6. The van der Waals surface area contributed by atoms with E-state index in [9.17, 15) is 29.6 Å². The highest BCUT2D eigenvalue weighted by atomic mass is 19.1. The molecule has 7 nitrogen and oxygen atoms in total. The Morgan fingerprint density at radius 3 is 2.36 bits per heavy atom. The van der Waals surface area contributed by atoms with Gasteiger partial charge in [0.1, 0.15) is 5.82 Å². The van der Waals surface area contributed by atoms with Crippen LogP contribution in [0.25, 0.3) is 0 Å². The molecule has 0 unspecified atom stereocenters. The minimum atomic E-state index is -1.06. The highest BCUT2D eigenvalue weighted by Crippen LogP contribution is 2.32. The van der Waals surface area contributed by atoms with Gasteiger partial charge in [-0.2, -0.15) is 0 Å². The van der Waals surface area contributed by atoms with Crippen LogP contribution in [0.4, 0.5) is 10.1 Å². The molecule has 0 spiro atoms. The predicted octanol–water partition coefficient (Wildman–Crippen LogP) is 3.74. The number of methoxy groups -OCH3 is 1. The number of aliphatic hydroxyl groups is 4. The Labute approximate surface area is 213 Å². The van der Waals surface area contributed by atoms with E-state index in [1.54, 1.807) is 27.0 Å². The predicted molar refractivity (Wildman–Crippen MR) is 138 cm³/mol. The smallest absolute Gasteiger partial charge is 0.250 e. The van der Waals surface area contributed by atoms with Gasteiger partial charge in [-0.1, -0.05) is 26.0 Å². The molecule has 202 valence electrons. The molecule has 1 aromatic carbocycles. The van der Waals surface area contributed by atoms with Crippen LogP contribution in [-0.2, 0) is 9.53 Å². The summed E-state index contributed by atoms with van der Waals surface area (Å²) < 4.78 is 20.0. The maximum absolute atomic E-state index is 14.4. The normalized spacial score (nSPS) is 34.3. The van der Waals surface area contributed by atoms with Crippen LogP contribution in [0.5, 0.6) is 0 Å². The van der Waals surface area contributed by atoms with Crippen molar-refractivity contribution < 1.29 is 34.3 Å². The SMILES string of the molecule is CO[C@H]1/C(C)=C/[C@H](C)[C@@H](O)[C@@H](CO)C[C@H](C)[C@@H](O)c2cc(F)cc(c2)NC(=O)/C(C)=C/CC[C@@H]1CO. The number of hydrogen-bond acceptors (Lipinski definition) is 6. The van der Waals surface area contributed by atoms with Gasteiger partial charge in [-0.3, -0.25) is 4.79 Å². The van der Waals surface area contributed by atoms with Crippen molar-refractivity contribution in [2.75, 3.05) is 25.6 Å². The fraction of sp³-hybridized carbons (Fsp3) is 0.607. The molecule has 2 bridgehead atoms. The number of halogens is 1. The third-order valence-corrected chi connectivity index (χ3v) is 7.23. The van der Waals surface area contributed by atoms with Crippen molar-refractivity contribution in [2.45, 2.75) is 65.3 Å². The van der Waals surface area contributed by atoms with Gasteiger partial charge in [-0.25, -0.2) is 4.39 Å². The van der Waals surface area contributed by atoms with Crippen molar-refractivity contribution in [3.63, 3.8) is 0 Å². The third-order valence-electron chi connectivity index (χ3n) is 7.23. The van der Waals surface area contributed by atoms with Gasteiger partial charge < -0.3 is 30.5 Å². The lowest BCUT2D eigenvalue weighted by Gasteiger charge is -2.30. The number of rotatable bonds is 3. The highest BCUT2D eigenvalue weighted by Gasteiger charge is 2.30. The number of carbonyl (C=O) groups excluding carboxylic acids is 1. The van der Waals surface area contributed by atoms with Crippen LogP contribution in [-0.4, -0.2) is 58.9 Å². The molecule has 0 aliphatic carbocycles. The lowest BCUT2D eigenvalue weighted by molar-refractivity contribution is -0.112. The van der Waals surface area contributed by atoms with Crippen molar-refractivity contribution in [2.24, 2.45) is 23.7 Å². The number of aliphatic hydroxyl groups excluding tert-OH is 4. The monoisotopic (exact) mass is 507 g/mol. The van der Waals surface area contributed by atoms with Gasteiger partial charge in [-0.05, 0) is 68.4 Å². The van der Waals surface area contributed by atoms with E-state index in [-0.39, 0.29) is 42.7 Å². The Hall–Kier alpha value is -2.10. The molecule has 0 radical (unpaired) electrons. The summed E-state index contributed by atoms with van der Waals surface area (Å²) in [5, 5.41) is 44.7. The molecule has 1 aromatic rings. The van der Waals surface area contributed by atoms with E-state index < -0.39 is 29.9 Å². The minimum Gasteiger partial charge on any atom is -0.396 e. The quantitative estimate of drug-likeness (QED) is 0.398. The van der Waals surface area contributed by atoms with Crippen molar-refractivity contribution in [3.8, 4) is 0 Å². The van der Waals surface area contributed by atoms with Gasteiger partial charge in [0, 0.05) is 49.3 Å². The van der Waals surface area contributed by atoms with Crippen molar-refractivity contribution >= 4 is 11.6 Å². The summed E-state index contributed by atoms with van der Waals surface area (Å²) in [4.78, 5) is 12.7. The van der Waals surface area contributed by atoms with E-state index in [0.717, 1.165) is 5.57 Å². The number of allylic oxidation sites excluding steroid dienone is 1. The Morgan fingerprint density at radius 1 is 1.08 bits per heavy atom. The average molecular weight is 508 g/mol. The van der Waals surface area contributed by atoms with Gasteiger partial charge in [-0.15, -0.1) is 0 Å². The number of nitrogens with one attached hydrogen (secondary N) is 1. The maximum Gasteiger partial charge on any atom is 0.250 e. The minimum absolute atomic E-state index is 0.111. The lowest BCUT2D eigenvalue weighted by atomic mass is 9.81. The molecule has 0 fully saturated rings. The van der Waals surface area contributed by atoms with Crippen LogP contribution < -0.4 is 5.32 Å². The van der Waals surface area contributed by atoms with E-state index in [0.29, 0.717) is 30.4 Å². The van der Waals surface area contributed by atoms with E-state index in [4.69, 9.17) is 4.74 Å². The van der Waals surface area contributed by atoms with E-state index >= 15 is 0 Å². The molecule has 0 saturated heterocycles. The lowest BCUT2D eigenvalue weighted by Crippen LogP contribution is -2.33. The molecule has 1 aliphatic heterocycles. The average Bonchev–Trinajstić information content (AvgIpc) is 2.84. The summed E-state index contributed by atoms with van der Waals surface area (Å²) in [6.45, 7) is 6.79. The van der Waals surface area contributed by atoms with Crippen molar-refractivity contribution in [3.05, 3.63) is 52.9 Å². The molecule has 1 aliphatic rings. The first-order valence-corrected chi connectivity index (χ1v) is 12.6. The standard InChI is InChI=1S/C28H42FNO6/c1-16-7-6-8-20(14-31)27(36-5)19(4)9-17(2)26(34)22(15-32)10-18(3)25(33)21-11-23(29)13-24(12-21)30-28(16)35/h7,9,11-13,17-18,20,22,25-27,31-34H,6,8,10,14-15H2,1-5H3,(H,30,35)/b16-7+,19-9+/t17-,18-,20+,22+,25+,26+,27-/m0/s1. The van der Waals surface area contributed by atoms with E-state index in [1.807, 2.05) is 19.9 Å². The number of benzene rings is 1. The summed E-state index contributed by atoms with van der Waals surface area (Å²) in [5.41, 5.74) is 1.84. The summed E-state index contributed by atoms with van der Waals surface area (Å²) >= 11 is 0. The molecule has 8 heteroatoms. The molecular weight excluding hydrogens is 465 g/mol. The number of carbonyl (C=O) groups is 1. The van der Waals surface area contributed by atoms with Crippen LogP contribution in [0.15, 0.2) is 41.5 Å². The fourth-order valence-corrected chi connectivity index (χ4v) is 5.07. The van der Waals surface area contributed by atoms with Gasteiger partial charge in [0.05, 0.1) is 18.3 Å². The molecular formula is C28H42FNO6. The summed E-state index contributed by atoms with van der Waals surface area (Å²) in [7, 11) is 1.57. The van der Waals surface area contributed by atoms with Gasteiger partial charge >= 0.3 is 0 Å². The van der Waals surface area contributed by atoms with Crippen molar-refractivity contribution in [1.82, 2.24) is 0 Å². The molecule has 2 rings (SSSR count). The van der Waals surface area contributed by atoms with Gasteiger partial charge in [0.15, 0.2) is 0 Å². The third kappa shape index (κ3) is 7.95. The second kappa shape index (κ2) is 14.0. The first-order chi connectivity index (χ1) is 17.0. The zero-order chi connectivity index (χ0) is 27.0. The summed E-state index contributed by atoms with van der Waals surface area (Å²) in [6, 6.07) is 3.95. The zero-order valence-electron chi connectivity index (χ0n) is 21.9.